The van der Waals surface area contributed by atoms with Crippen LogP contribution >= 0.6 is 0 Å². The third-order valence-corrected chi connectivity index (χ3v) is 2.79. The van der Waals surface area contributed by atoms with Gasteiger partial charge in [0.15, 0.2) is 11.8 Å². The number of aliphatic imine (C=N–C) groups is 2. The molecule has 1 aromatic heterocycles. The summed E-state index contributed by atoms with van der Waals surface area (Å²) in [6.07, 6.45) is 1.49. The highest BCUT2D eigenvalue weighted by Gasteiger charge is 2.12. The molecule has 1 aromatic rings. The summed E-state index contributed by atoms with van der Waals surface area (Å²) < 4.78 is 10.8. The highest BCUT2D eigenvalue weighted by molar-refractivity contribution is 5.80. The van der Waals surface area contributed by atoms with Gasteiger partial charge >= 0.3 is 0 Å². The van der Waals surface area contributed by atoms with Crippen molar-refractivity contribution in [3.05, 3.63) is 23.5 Å². The summed E-state index contributed by atoms with van der Waals surface area (Å²) in [5, 5.41) is 0. The Morgan fingerprint density at radius 2 is 1.47 bits per heavy atom. The Balaban J connectivity index is 1.61. The number of H-pyrrole nitrogens is 1. The van der Waals surface area contributed by atoms with Gasteiger partial charge in [-0.05, 0) is 12.1 Å². The summed E-state index contributed by atoms with van der Waals surface area (Å²) in [6.45, 7) is 3.00. The van der Waals surface area contributed by atoms with E-state index in [1.165, 1.54) is 0 Å². The first-order chi connectivity index (χ1) is 8.40. The highest BCUT2D eigenvalue weighted by atomic mass is 16.5. The van der Waals surface area contributed by atoms with Crippen LogP contribution in [0.25, 0.3) is 0 Å². The minimum atomic E-state index is 0.716. The molecule has 3 rings (SSSR count). The Labute approximate surface area is 99.6 Å². The average molecular weight is 233 g/mol. The number of aromatic nitrogens is 1. The largest absolute Gasteiger partial charge is 0.479 e. The lowest BCUT2D eigenvalue weighted by molar-refractivity contribution is 0.340. The number of nitrogens with one attached hydrogen (secondary N) is 1. The van der Waals surface area contributed by atoms with Crippen LogP contribution in [0, 0.1) is 0 Å². The van der Waals surface area contributed by atoms with Crippen LogP contribution in [-0.4, -0.2) is 43.1 Å². The molecule has 0 saturated heterocycles. The van der Waals surface area contributed by atoms with E-state index in [4.69, 9.17) is 9.47 Å². The lowest BCUT2D eigenvalue weighted by Gasteiger charge is -2.00. The van der Waals surface area contributed by atoms with Crippen LogP contribution in [0.2, 0.25) is 0 Å². The van der Waals surface area contributed by atoms with Gasteiger partial charge in [0.2, 0.25) is 0 Å². The highest BCUT2D eigenvalue weighted by Crippen LogP contribution is 2.09. The molecule has 0 aliphatic carbocycles. The van der Waals surface area contributed by atoms with Crippen LogP contribution in [0.15, 0.2) is 22.1 Å². The molecule has 0 atom stereocenters. The normalized spacial score (nSPS) is 18.6. The van der Waals surface area contributed by atoms with Gasteiger partial charge in [0.25, 0.3) is 0 Å². The topological polar surface area (TPSA) is 59.0 Å². The quantitative estimate of drug-likeness (QED) is 0.842. The second kappa shape index (κ2) is 4.61. The van der Waals surface area contributed by atoms with Gasteiger partial charge in [0.1, 0.15) is 13.2 Å². The molecule has 1 N–H and O–H groups in total. The molecule has 2 aliphatic rings. The maximum absolute atomic E-state index is 5.38. The summed E-state index contributed by atoms with van der Waals surface area (Å²) in [6, 6.07) is 4.13. The van der Waals surface area contributed by atoms with Gasteiger partial charge in [-0.2, -0.15) is 0 Å². The molecular formula is C12H15N3O2. The summed E-state index contributed by atoms with van der Waals surface area (Å²) in [4.78, 5) is 11.9. The van der Waals surface area contributed by atoms with Crippen molar-refractivity contribution in [3.63, 3.8) is 0 Å². The Morgan fingerprint density at radius 3 is 1.88 bits per heavy atom. The van der Waals surface area contributed by atoms with Crippen LogP contribution in [-0.2, 0) is 22.3 Å². The van der Waals surface area contributed by atoms with Crippen molar-refractivity contribution in [2.45, 2.75) is 12.8 Å². The standard InChI is InChI=1S/C12H15N3O2/c1-2-10(8-12-14-4-6-17-12)15-9(1)7-11-13-3-5-16-11/h1-2,15H,3-8H2. The summed E-state index contributed by atoms with van der Waals surface area (Å²) >= 11 is 0. The predicted molar refractivity (Wildman–Crippen MR) is 64.7 cm³/mol. The molecule has 0 saturated carbocycles. The fourth-order valence-corrected chi connectivity index (χ4v) is 2.00. The maximum atomic E-state index is 5.38. The molecule has 0 spiro atoms. The van der Waals surface area contributed by atoms with Crippen molar-refractivity contribution in [2.75, 3.05) is 26.3 Å². The van der Waals surface area contributed by atoms with Gasteiger partial charge in [-0.15, -0.1) is 0 Å². The molecule has 0 amide bonds. The monoisotopic (exact) mass is 233 g/mol. The lowest BCUT2D eigenvalue weighted by Crippen LogP contribution is -2.05. The van der Waals surface area contributed by atoms with E-state index in [0.29, 0.717) is 13.2 Å². The first-order valence-electron chi connectivity index (χ1n) is 5.89. The van der Waals surface area contributed by atoms with E-state index in [1.54, 1.807) is 0 Å². The molecule has 0 bridgehead atoms. The lowest BCUT2D eigenvalue weighted by atomic mass is 10.3. The second-order valence-corrected chi connectivity index (χ2v) is 4.11. The molecule has 17 heavy (non-hydrogen) atoms. The minimum Gasteiger partial charge on any atom is -0.479 e. The molecule has 0 fully saturated rings. The van der Waals surface area contributed by atoms with Gasteiger partial charge in [0.05, 0.1) is 25.9 Å². The first kappa shape index (κ1) is 10.4. The summed E-state index contributed by atoms with van der Waals surface area (Å²) in [5.41, 5.74) is 2.25. The van der Waals surface area contributed by atoms with Gasteiger partial charge in [0, 0.05) is 11.4 Å². The molecule has 0 unspecified atom stereocenters. The fraction of sp³-hybridized carbons (Fsp3) is 0.500. The van der Waals surface area contributed by atoms with Gasteiger partial charge in [-0.3, -0.25) is 9.98 Å². The zero-order valence-electron chi connectivity index (χ0n) is 9.61. The van der Waals surface area contributed by atoms with E-state index in [9.17, 15) is 0 Å². The molecule has 0 radical (unpaired) electrons. The van der Waals surface area contributed by atoms with E-state index in [2.05, 4.69) is 27.1 Å². The first-order valence-corrected chi connectivity index (χ1v) is 5.89. The maximum Gasteiger partial charge on any atom is 0.189 e. The molecule has 3 heterocycles. The van der Waals surface area contributed by atoms with Crippen molar-refractivity contribution in [2.24, 2.45) is 9.98 Å². The van der Waals surface area contributed by atoms with Gasteiger partial charge in [-0.1, -0.05) is 0 Å². The Kier molecular flexibility index (Phi) is 2.81. The predicted octanol–water partition coefficient (Wildman–Crippen LogP) is 0.957. The van der Waals surface area contributed by atoms with E-state index in [1.807, 2.05) is 0 Å². The second-order valence-electron chi connectivity index (χ2n) is 4.11. The van der Waals surface area contributed by atoms with Crippen LogP contribution in [0.3, 0.4) is 0 Å². The van der Waals surface area contributed by atoms with Crippen LogP contribution in [0.5, 0.6) is 0 Å². The molecule has 5 heteroatoms. The molecular weight excluding hydrogens is 218 g/mol. The molecule has 5 nitrogen and oxygen atoms in total. The van der Waals surface area contributed by atoms with E-state index >= 15 is 0 Å². The summed E-state index contributed by atoms with van der Waals surface area (Å²) in [5.74, 6) is 1.65. The van der Waals surface area contributed by atoms with E-state index in [0.717, 1.165) is 49.1 Å². The zero-order valence-corrected chi connectivity index (χ0v) is 9.61. The van der Waals surface area contributed by atoms with Crippen molar-refractivity contribution < 1.29 is 9.47 Å². The van der Waals surface area contributed by atoms with Crippen molar-refractivity contribution >= 4 is 11.8 Å². The third kappa shape index (κ3) is 2.49. The number of ether oxygens (including phenoxy) is 2. The number of nitrogens with zero attached hydrogens (tertiary/aromatic N) is 2. The van der Waals surface area contributed by atoms with Crippen molar-refractivity contribution in [1.29, 1.82) is 0 Å². The van der Waals surface area contributed by atoms with Gasteiger partial charge in [-0.25, -0.2) is 0 Å². The summed E-state index contributed by atoms with van der Waals surface area (Å²) in [7, 11) is 0. The molecule has 2 aliphatic heterocycles. The van der Waals surface area contributed by atoms with Crippen molar-refractivity contribution in [1.82, 2.24) is 4.98 Å². The van der Waals surface area contributed by atoms with E-state index < -0.39 is 0 Å². The van der Waals surface area contributed by atoms with Crippen LogP contribution in [0.4, 0.5) is 0 Å². The van der Waals surface area contributed by atoms with Crippen LogP contribution in [0.1, 0.15) is 11.4 Å². The smallest absolute Gasteiger partial charge is 0.189 e. The Hall–Kier alpha value is -1.78. The number of hydrogen-bond acceptors (Lipinski definition) is 4. The number of aromatic amines is 1. The zero-order chi connectivity index (χ0) is 11.5. The van der Waals surface area contributed by atoms with Gasteiger partial charge < -0.3 is 14.5 Å². The minimum absolute atomic E-state index is 0.716. The average Bonchev–Trinajstić information content (AvgIpc) is 3.02. The van der Waals surface area contributed by atoms with Crippen LogP contribution < -0.4 is 0 Å². The Morgan fingerprint density at radius 1 is 0.941 bits per heavy atom. The molecule has 90 valence electrons. The molecule has 0 aromatic carbocycles. The number of hydrogen-bond donors (Lipinski definition) is 1. The van der Waals surface area contributed by atoms with Crippen molar-refractivity contribution in [3.8, 4) is 0 Å². The number of rotatable bonds is 4. The third-order valence-electron chi connectivity index (χ3n) is 2.79. The Bertz CT molecular complexity index is 422. The fourth-order valence-electron chi connectivity index (χ4n) is 2.00. The van der Waals surface area contributed by atoms with E-state index in [-0.39, 0.29) is 0 Å². The SMILES string of the molecule is c1cc(CC2=NCCO2)[nH]c1CC1=NCCO1.